The van der Waals surface area contributed by atoms with Crippen molar-refractivity contribution < 1.29 is 0 Å². The summed E-state index contributed by atoms with van der Waals surface area (Å²) in [6.45, 7) is 7.15. The molecule has 2 N–H and O–H groups in total. The largest absolute Gasteiger partial charge is 0.330 e. The van der Waals surface area contributed by atoms with E-state index in [2.05, 4.69) is 39.0 Å². The van der Waals surface area contributed by atoms with Crippen molar-refractivity contribution in [2.24, 2.45) is 5.73 Å². The lowest BCUT2D eigenvalue weighted by molar-refractivity contribution is 0.767. The summed E-state index contributed by atoms with van der Waals surface area (Å²) in [5.41, 5.74) is 9.67. The van der Waals surface area contributed by atoms with Crippen LogP contribution >= 0.6 is 0 Å². The maximum atomic E-state index is 5.62. The summed E-state index contributed by atoms with van der Waals surface area (Å²) in [7, 11) is 0. The molecule has 0 saturated heterocycles. The lowest BCUT2D eigenvalue weighted by atomic mass is 9.95. The summed E-state index contributed by atoms with van der Waals surface area (Å²) in [5, 5.41) is 0. The lowest BCUT2D eigenvalue weighted by Gasteiger charge is -2.12. The normalized spacial score (nSPS) is 13.0. The molecular weight excluding hydrogens is 146 g/mol. The molecule has 0 aliphatic carbocycles. The summed E-state index contributed by atoms with van der Waals surface area (Å²) >= 11 is 0. The average Bonchev–Trinajstić information content (AvgIpc) is 2.08. The smallest absolute Gasteiger partial charge is 0.00108 e. The Balaban J connectivity index is 3.04. The second-order valence-corrected chi connectivity index (χ2v) is 3.50. The van der Waals surface area contributed by atoms with Crippen LogP contribution in [0.4, 0.5) is 0 Å². The van der Waals surface area contributed by atoms with Crippen LogP contribution in [0, 0.1) is 13.8 Å². The van der Waals surface area contributed by atoms with Crippen LogP contribution in [0.25, 0.3) is 0 Å². The maximum Gasteiger partial charge on any atom is -0.00108 e. The molecule has 0 aliphatic rings. The Morgan fingerprint density at radius 3 is 2.58 bits per heavy atom. The van der Waals surface area contributed by atoms with Gasteiger partial charge in [0.2, 0.25) is 0 Å². The van der Waals surface area contributed by atoms with Crippen LogP contribution in [-0.4, -0.2) is 6.54 Å². The topological polar surface area (TPSA) is 26.0 Å². The number of nitrogens with two attached hydrogens (primary N) is 1. The van der Waals surface area contributed by atoms with Crippen molar-refractivity contribution in [1.29, 1.82) is 0 Å². The summed E-state index contributed by atoms with van der Waals surface area (Å²) in [6, 6.07) is 6.53. The highest BCUT2D eigenvalue weighted by Gasteiger charge is 2.05. The van der Waals surface area contributed by atoms with Gasteiger partial charge in [-0.25, -0.2) is 0 Å². The van der Waals surface area contributed by atoms with E-state index in [-0.39, 0.29) is 0 Å². The first-order valence-electron chi connectivity index (χ1n) is 4.42. The Hall–Kier alpha value is -0.820. The minimum absolute atomic E-state index is 0.477. The third kappa shape index (κ3) is 1.86. The molecule has 1 aromatic carbocycles. The molecular formula is C11H17N. The van der Waals surface area contributed by atoms with Gasteiger partial charge in [0.25, 0.3) is 0 Å². The fraction of sp³-hybridized carbons (Fsp3) is 0.455. The van der Waals surface area contributed by atoms with Gasteiger partial charge in [0.1, 0.15) is 0 Å². The highest BCUT2D eigenvalue weighted by molar-refractivity contribution is 5.33. The van der Waals surface area contributed by atoms with Gasteiger partial charge < -0.3 is 5.73 Å². The van der Waals surface area contributed by atoms with Gasteiger partial charge in [-0.05, 0) is 37.4 Å². The van der Waals surface area contributed by atoms with Gasteiger partial charge in [0, 0.05) is 0 Å². The number of hydrogen-bond donors (Lipinski definition) is 1. The molecule has 0 aromatic heterocycles. The van der Waals surface area contributed by atoms with Crippen molar-refractivity contribution in [2.75, 3.05) is 6.54 Å². The Labute approximate surface area is 74.6 Å². The Morgan fingerprint density at radius 1 is 1.33 bits per heavy atom. The van der Waals surface area contributed by atoms with Crippen LogP contribution in [-0.2, 0) is 0 Å². The first-order chi connectivity index (χ1) is 5.65. The fourth-order valence-corrected chi connectivity index (χ4v) is 1.42. The SMILES string of the molecule is Cc1ccc(C)c([C@H](C)CN)c1. The van der Waals surface area contributed by atoms with Crippen molar-refractivity contribution in [3.8, 4) is 0 Å². The molecule has 1 atom stereocenters. The zero-order valence-electron chi connectivity index (χ0n) is 8.09. The molecule has 0 radical (unpaired) electrons. The van der Waals surface area contributed by atoms with E-state index in [9.17, 15) is 0 Å². The highest BCUT2D eigenvalue weighted by atomic mass is 14.5. The van der Waals surface area contributed by atoms with Crippen LogP contribution in [0.3, 0.4) is 0 Å². The third-order valence-corrected chi connectivity index (χ3v) is 2.32. The highest BCUT2D eigenvalue weighted by Crippen LogP contribution is 2.19. The first-order valence-corrected chi connectivity index (χ1v) is 4.42. The van der Waals surface area contributed by atoms with Gasteiger partial charge >= 0.3 is 0 Å². The first kappa shape index (κ1) is 9.27. The predicted molar refractivity (Wildman–Crippen MR) is 53.4 cm³/mol. The van der Waals surface area contributed by atoms with Crippen molar-refractivity contribution in [3.63, 3.8) is 0 Å². The Bertz CT molecular complexity index is 266. The van der Waals surface area contributed by atoms with Gasteiger partial charge in [-0.15, -0.1) is 0 Å². The van der Waals surface area contributed by atoms with Crippen LogP contribution in [0.5, 0.6) is 0 Å². The van der Waals surface area contributed by atoms with Gasteiger partial charge in [0.05, 0.1) is 0 Å². The molecule has 1 heteroatoms. The number of hydrogen-bond acceptors (Lipinski definition) is 1. The van der Waals surface area contributed by atoms with Gasteiger partial charge in [0.15, 0.2) is 0 Å². The van der Waals surface area contributed by atoms with Crippen LogP contribution in [0.1, 0.15) is 29.5 Å². The second-order valence-electron chi connectivity index (χ2n) is 3.50. The molecule has 0 heterocycles. The van der Waals surface area contributed by atoms with Crippen molar-refractivity contribution in [1.82, 2.24) is 0 Å². The van der Waals surface area contributed by atoms with E-state index >= 15 is 0 Å². The van der Waals surface area contributed by atoms with E-state index in [4.69, 9.17) is 5.73 Å². The molecule has 0 aliphatic heterocycles. The number of benzene rings is 1. The monoisotopic (exact) mass is 163 g/mol. The van der Waals surface area contributed by atoms with E-state index in [1.807, 2.05) is 0 Å². The summed E-state index contributed by atoms with van der Waals surface area (Å²) in [5.74, 6) is 0.477. The van der Waals surface area contributed by atoms with Crippen LogP contribution in [0.15, 0.2) is 18.2 Å². The zero-order chi connectivity index (χ0) is 9.14. The quantitative estimate of drug-likeness (QED) is 0.711. The molecule has 0 unspecified atom stereocenters. The molecule has 0 spiro atoms. The van der Waals surface area contributed by atoms with Crippen molar-refractivity contribution in [2.45, 2.75) is 26.7 Å². The molecule has 12 heavy (non-hydrogen) atoms. The Morgan fingerprint density at radius 2 is 2.00 bits per heavy atom. The number of aryl methyl sites for hydroxylation is 2. The lowest BCUT2D eigenvalue weighted by Crippen LogP contribution is -2.10. The maximum absolute atomic E-state index is 5.62. The molecule has 1 aromatic rings. The second kappa shape index (κ2) is 3.72. The van der Waals surface area contributed by atoms with Gasteiger partial charge in [-0.1, -0.05) is 30.7 Å². The van der Waals surface area contributed by atoms with Crippen LogP contribution in [0.2, 0.25) is 0 Å². The summed E-state index contributed by atoms with van der Waals surface area (Å²) < 4.78 is 0. The molecule has 0 amide bonds. The van der Waals surface area contributed by atoms with Crippen LogP contribution < -0.4 is 5.73 Å². The van der Waals surface area contributed by atoms with Gasteiger partial charge in [-0.3, -0.25) is 0 Å². The minimum atomic E-state index is 0.477. The third-order valence-electron chi connectivity index (χ3n) is 2.32. The summed E-state index contributed by atoms with van der Waals surface area (Å²) in [6.07, 6.45) is 0. The summed E-state index contributed by atoms with van der Waals surface area (Å²) in [4.78, 5) is 0. The minimum Gasteiger partial charge on any atom is -0.330 e. The zero-order valence-corrected chi connectivity index (χ0v) is 8.09. The Kier molecular flexibility index (Phi) is 2.88. The molecule has 0 bridgehead atoms. The molecule has 0 fully saturated rings. The fourth-order valence-electron chi connectivity index (χ4n) is 1.42. The molecule has 1 nitrogen and oxygen atoms in total. The molecule has 0 saturated carbocycles. The average molecular weight is 163 g/mol. The van der Waals surface area contributed by atoms with E-state index in [0.717, 1.165) is 6.54 Å². The van der Waals surface area contributed by atoms with E-state index in [0.29, 0.717) is 5.92 Å². The standard InChI is InChI=1S/C11H17N/c1-8-4-5-9(2)11(6-8)10(3)7-12/h4-6,10H,7,12H2,1-3H3/t10-/m1/s1. The van der Waals surface area contributed by atoms with Crippen molar-refractivity contribution in [3.05, 3.63) is 34.9 Å². The van der Waals surface area contributed by atoms with E-state index in [1.165, 1.54) is 16.7 Å². The predicted octanol–water partition coefficient (Wildman–Crippen LogP) is 2.37. The molecule has 1 rings (SSSR count). The van der Waals surface area contributed by atoms with Gasteiger partial charge in [-0.2, -0.15) is 0 Å². The van der Waals surface area contributed by atoms with Crippen molar-refractivity contribution >= 4 is 0 Å². The number of rotatable bonds is 2. The van der Waals surface area contributed by atoms with E-state index < -0.39 is 0 Å². The van der Waals surface area contributed by atoms with E-state index in [1.54, 1.807) is 0 Å². The molecule has 66 valence electrons.